The molecule has 1 fully saturated rings. The van der Waals surface area contributed by atoms with Gasteiger partial charge in [-0.15, -0.1) is 0 Å². The van der Waals surface area contributed by atoms with Gasteiger partial charge in [-0.2, -0.15) is 4.98 Å². The molecule has 1 aromatic heterocycles. The quantitative estimate of drug-likeness (QED) is 0.810. The molecule has 0 aliphatic carbocycles. The molecule has 1 aliphatic heterocycles. The molecule has 7 nitrogen and oxygen atoms in total. The molecule has 1 unspecified atom stereocenters. The van der Waals surface area contributed by atoms with Crippen LogP contribution in [-0.2, 0) is 11.2 Å². The van der Waals surface area contributed by atoms with Gasteiger partial charge >= 0.3 is 5.97 Å². The zero-order chi connectivity index (χ0) is 13.1. The summed E-state index contributed by atoms with van der Waals surface area (Å²) >= 11 is 0. The summed E-state index contributed by atoms with van der Waals surface area (Å²) < 4.78 is 5.08. The predicted octanol–water partition coefficient (Wildman–Crippen LogP) is 0.00510. The lowest BCUT2D eigenvalue weighted by molar-refractivity contribution is -0.137. The molecule has 2 rings (SSSR count). The Morgan fingerprint density at radius 3 is 3.00 bits per heavy atom. The highest BCUT2D eigenvalue weighted by molar-refractivity contribution is 5.66. The van der Waals surface area contributed by atoms with Gasteiger partial charge in [0.1, 0.15) is 0 Å². The van der Waals surface area contributed by atoms with Gasteiger partial charge in [0.25, 0.3) is 0 Å². The Balaban J connectivity index is 2.02. The van der Waals surface area contributed by atoms with E-state index in [0.717, 1.165) is 19.6 Å². The Labute approximate surface area is 105 Å². The van der Waals surface area contributed by atoms with Crippen LogP contribution >= 0.6 is 0 Å². The van der Waals surface area contributed by atoms with E-state index < -0.39 is 5.97 Å². The molecule has 1 N–H and O–H groups in total. The maximum Gasteiger partial charge on any atom is 0.303 e. The fourth-order valence-electron chi connectivity index (χ4n) is 2.01. The number of rotatable bonds is 4. The molecular weight excluding hydrogens is 236 g/mol. The third kappa shape index (κ3) is 3.05. The number of carbonyl (C=O) groups is 1. The van der Waals surface area contributed by atoms with E-state index in [1.165, 1.54) is 0 Å². The van der Waals surface area contributed by atoms with Gasteiger partial charge in [0, 0.05) is 26.1 Å². The first-order chi connectivity index (χ1) is 8.56. The van der Waals surface area contributed by atoms with Crippen LogP contribution in [0, 0.1) is 0 Å². The number of aromatic nitrogens is 2. The molecule has 0 spiro atoms. The molecule has 0 aromatic carbocycles. The molecule has 2 heterocycles. The van der Waals surface area contributed by atoms with Crippen LogP contribution in [0.4, 0.5) is 0 Å². The van der Waals surface area contributed by atoms with Crippen molar-refractivity contribution in [3.8, 4) is 0 Å². The van der Waals surface area contributed by atoms with Crippen molar-refractivity contribution in [2.45, 2.75) is 18.9 Å². The average molecular weight is 254 g/mol. The van der Waals surface area contributed by atoms with E-state index in [-0.39, 0.29) is 18.9 Å². The second kappa shape index (κ2) is 5.45. The topological polar surface area (TPSA) is 82.7 Å². The first kappa shape index (κ1) is 13.0. The normalized spacial score (nSPS) is 22.2. The number of nitrogens with zero attached hydrogens (tertiary/aromatic N) is 4. The van der Waals surface area contributed by atoms with Crippen molar-refractivity contribution in [3.63, 3.8) is 0 Å². The minimum atomic E-state index is -0.857. The highest BCUT2D eigenvalue weighted by Gasteiger charge is 2.27. The summed E-state index contributed by atoms with van der Waals surface area (Å²) in [6, 6.07) is 0.117. The molecule has 1 atom stereocenters. The van der Waals surface area contributed by atoms with Gasteiger partial charge < -0.3 is 14.5 Å². The van der Waals surface area contributed by atoms with Crippen LogP contribution in [0.1, 0.15) is 24.2 Å². The van der Waals surface area contributed by atoms with Gasteiger partial charge in [-0.3, -0.25) is 9.69 Å². The summed E-state index contributed by atoms with van der Waals surface area (Å²) in [5, 5.41) is 12.6. The minimum absolute atomic E-state index is 0.0159. The van der Waals surface area contributed by atoms with Crippen LogP contribution < -0.4 is 0 Å². The van der Waals surface area contributed by atoms with Gasteiger partial charge in [-0.25, -0.2) is 0 Å². The molecule has 7 heteroatoms. The van der Waals surface area contributed by atoms with Gasteiger partial charge in [-0.05, 0) is 14.1 Å². The highest BCUT2D eigenvalue weighted by atomic mass is 16.5. The fraction of sp³-hybridized carbons (Fsp3) is 0.727. The zero-order valence-electron chi connectivity index (χ0n) is 10.7. The van der Waals surface area contributed by atoms with Gasteiger partial charge in [-0.1, -0.05) is 5.16 Å². The fourth-order valence-corrected chi connectivity index (χ4v) is 2.01. The van der Waals surface area contributed by atoms with Gasteiger partial charge in [0.05, 0.1) is 12.5 Å². The molecule has 1 aliphatic rings. The minimum Gasteiger partial charge on any atom is -0.481 e. The number of aryl methyl sites for hydroxylation is 1. The Hall–Kier alpha value is -1.47. The first-order valence-corrected chi connectivity index (χ1v) is 5.99. The number of aliphatic carboxylic acids is 1. The summed E-state index contributed by atoms with van der Waals surface area (Å²) in [7, 11) is 4.09. The summed E-state index contributed by atoms with van der Waals surface area (Å²) in [5.74, 6) is 0.183. The third-order valence-corrected chi connectivity index (χ3v) is 3.19. The molecule has 1 aromatic rings. The van der Waals surface area contributed by atoms with Crippen molar-refractivity contribution in [2.24, 2.45) is 0 Å². The smallest absolute Gasteiger partial charge is 0.303 e. The molecule has 18 heavy (non-hydrogen) atoms. The lowest BCUT2D eigenvalue weighted by Gasteiger charge is -2.35. The Morgan fingerprint density at radius 1 is 1.50 bits per heavy atom. The second-order valence-electron chi connectivity index (χ2n) is 4.70. The van der Waals surface area contributed by atoms with Crippen LogP contribution in [-0.4, -0.2) is 64.7 Å². The molecular formula is C11H18N4O3. The lowest BCUT2D eigenvalue weighted by atomic mass is 10.2. The molecule has 0 bridgehead atoms. The van der Waals surface area contributed by atoms with E-state index in [0.29, 0.717) is 11.7 Å². The van der Waals surface area contributed by atoms with Gasteiger partial charge in [0.15, 0.2) is 5.82 Å². The molecule has 0 saturated carbocycles. The summed E-state index contributed by atoms with van der Waals surface area (Å²) in [6.45, 7) is 2.84. The van der Waals surface area contributed by atoms with Crippen LogP contribution in [0.15, 0.2) is 4.52 Å². The zero-order valence-corrected chi connectivity index (χ0v) is 10.7. The standard InChI is InChI=1S/C11H18N4O3/c1-14-5-6-15(2)8(7-14)11-12-9(18-13-11)3-4-10(16)17/h8H,3-7H2,1-2H3,(H,16,17). The Bertz CT molecular complexity index is 420. The highest BCUT2D eigenvalue weighted by Crippen LogP contribution is 2.20. The second-order valence-corrected chi connectivity index (χ2v) is 4.70. The van der Waals surface area contributed by atoms with E-state index in [1.54, 1.807) is 0 Å². The number of likely N-dealkylation sites (N-methyl/N-ethyl adjacent to an activating group) is 2. The van der Waals surface area contributed by atoms with Crippen molar-refractivity contribution in [3.05, 3.63) is 11.7 Å². The third-order valence-electron chi connectivity index (χ3n) is 3.19. The van der Waals surface area contributed by atoms with Crippen molar-refractivity contribution >= 4 is 5.97 Å². The molecule has 1 saturated heterocycles. The van der Waals surface area contributed by atoms with Gasteiger partial charge in [0.2, 0.25) is 5.89 Å². The maximum absolute atomic E-state index is 10.5. The maximum atomic E-state index is 10.5. The lowest BCUT2D eigenvalue weighted by Crippen LogP contribution is -2.45. The molecule has 0 amide bonds. The SMILES string of the molecule is CN1CCN(C)C(c2noc(CCC(=O)O)n2)C1. The molecule has 0 radical (unpaired) electrons. The molecule has 100 valence electrons. The van der Waals surface area contributed by atoms with E-state index in [2.05, 4.69) is 27.0 Å². The van der Waals surface area contributed by atoms with Crippen molar-refractivity contribution < 1.29 is 14.4 Å². The summed E-state index contributed by atoms with van der Waals surface area (Å²) in [6.07, 6.45) is 0.302. The van der Waals surface area contributed by atoms with Crippen molar-refractivity contribution in [2.75, 3.05) is 33.7 Å². The number of hydrogen-bond acceptors (Lipinski definition) is 6. The predicted molar refractivity (Wildman–Crippen MR) is 63.1 cm³/mol. The first-order valence-electron chi connectivity index (χ1n) is 5.99. The van der Waals surface area contributed by atoms with Crippen LogP contribution in [0.2, 0.25) is 0 Å². The Kier molecular flexibility index (Phi) is 3.93. The largest absolute Gasteiger partial charge is 0.481 e. The van der Waals surface area contributed by atoms with Crippen molar-refractivity contribution in [1.29, 1.82) is 0 Å². The number of piperazine rings is 1. The number of carboxylic acid groups (broad SMARTS) is 1. The van der Waals surface area contributed by atoms with Crippen LogP contribution in [0.25, 0.3) is 0 Å². The van der Waals surface area contributed by atoms with E-state index in [9.17, 15) is 4.79 Å². The number of hydrogen-bond donors (Lipinski definition) is 1. The van der Waals surface area contributed by atoms with Crippen molar-refractivity contribution in [1.82, 2.24) is 19.9 Å². The van der Waals surface area contributed by atoms with E-state index in [1.807, 2.05) is 7.05 Å². The summed E-state index contributed by atoms with van der Waals surface area (Å²) in [4.78, 5) is 19.2. The van der Waals surface area contributed by atoms with Crippen LogP contribution in [0.3, 0.4) is 0 Å². The number of carboxylic acids is 1. The van der Waals surface area contributed by atoms with E-state index >= 15 is 0 Å². The van der Waals surface area contributed by atoms with Crippen LogP contribution in [0.5, 0.6) is 0 Å². The average Bonchev–Trinajstić information content (AvgIpc) is 2.78. The summed E-state index contributed by atoms with van der Waals surface area (Å²) in [5.41, 5.74) is 0. The monoisotopic (exact) mass is 254 g/mol. The van der Waals surface area contributed by atoms with E-state index in [4.69, 9.17) is 9.63 Å². The Morgan fingerprint density at radius 2 is 2.28 bits per heavy atom.